The van der Waals surface area contributed by atoms with Crippen LogP contribution >= 0.6 is 0 Å². The van der Waals surface area contributed by atoms with Crippen molar-refractivity contribution < 1.29 is 18.7 Å². The Bertz CT molecular complexity index is 760. The van der Waals surface area contributed by atoms with Crippen molar-refractivity contribution in [1.29, 1.82) is 0 Å². The van der Waals surface area contributed by atoms with Gasteiger partial charge in [-0.3, -0.25) is 9.69 Å². The number of benzene rings is 2. The first kappa shape index (κ1) is 20.9. The van der Waals surface area contributed by atoms with Gasteiger partial charge in [0.05, 0.1) is 7.11 Å². The van der Waals surface area contributed by atoms with Gasteiger partial charge in [0.15, 0.2) is 6.61 Å². The van der Waals surface area contributed by atoms with E-state index in [0.29, 0.717) is 12.3 Å². The molecule has 0 unspecified atom stereocenters. The van der Waals surface area contributed by atoms with E-state index >= 15 is 0 Å². The number of rotatable bonds is 9. The molecular formula is C22H28FN3O3. The van der Waals surface area contributed by atoms with Crippen molar-refractivity contribution in [1.82, 2.24) is 10.2 Å². The molecule has 7 heteroatoms. The van der Waals surface area contributed by atoms with Gasteiger partial charge in [-0.25, -0.2) is 4.39 Å². The highest BCUT2D eigenvalue weighted by molar-refractivity contribution is 5.77. The number of carbonyl (C=O) groups is 1. The lowest BCUT2D eigenvalue weighted by molar-refractivity contribution is -0.123. The number of anilines is 1. The monoisotopic (exact) mass is 401 g/mol. The van der Waals surface area contributed by atoms with Crippen molar-refractivity contribution in [3.8, 4) is 11.5 Å². The summed E-state index contributed by atoms with van der Waals surface area (Å²) in [5.74, 6) is 1.06. The van der Waals surface area contributed by atoms with E-state index in [2.05, 4.69) is 15.1 Å². The summed E-state index contributed by atoms with van der Waals surface area (Å²) < 4.78 is 23.6. The maximum atomic E-state index is 13.0. The van der Waals surface area contributed by atoms with Crippen LogP contribution < -0.4 is 19.7 Å². The van der Waals surface area contributed by atoms with E-state index in [9.17, 15) is 9.18 Å². The number of ether oxygens (including phenoxy) is 2. The molecule has 0 saturated carbocycles. The van der Waals surface area contributed by atoms with Gasteiger partial charge in [0.2, 0.25) is 0 Å². The van der Waals surface area contributed by atoms with Gasteiger partial charge >= 0.3 is 0 Å². The predicted octanol–water partition coefficient (Wildman–Crippen LogP) is 2.54. The zero-order valence-corrected chi connectivity index (χ0v) is 16.8. The van der Waals surface area contributed by atoms with Crippen LogP contribution in [0.3, 0.4) is 0 Å². The number of halogens is 1. The molecule has 29 heavy (non-hydrogen) atoms. The van der Waals surface area contributed by atoms with Gasteiger partial charge in [-0.05, 0) is 61.5 Å². The van der Waals surface area contributed by atoms with Crippen LogP contribution in [0.5, 0.6) is 11.5 Å². The summed E-state index contributed by atoms with van der Waals surface area (Å²) in [6, 6.07) is 13.8. The Morgan fingerprint density at radius 3 is 2.31 bits per heavy atom. The Balaban J connectivity index is 1.26. The molecule has 3 rings (SSSR count). The number of amides is 1. The van der Waals surface area contributed by atoms with Crippen molar-refractivity contribution in [2.24, 2.45) is 0 Å². The van der Waals surface area contributed by atoms with Crippen LogP contribution in [0.1, 0.15) is 6.42 Å². The molecule has 0 atom stereocenters. The van der Waals surface area contributed by atoms with Gasteiger partial charge < -0.3 is 19.7 Å². The lowest BCUT2D eigenvalue weighted by Gasteiger charge is -2.36. The van der Waals surface area contributed by atoms with E-state index in [1.807, 2.05) is 12.1 Å². The molecule has 0 aliphatic carbocycles. The summed E-state index contributed by atoms with van der Waals surface area (Å²) >= 11 is 0. The lowest BCUT2D eigenvalue weighted by Crippen LogP contribution is -2.47. The maximum Gasteiger partial charge on any atom is 0.257 e. The number of hydrogen-bond donors (Lipinski definition) is 1. The standard InChI is InChI=1S/C22H28FN3O3/c1-28-20-7-9-21(10-8-20)29-17-22(27)24-11-2-12-25-13-15-26(16-14-25)19-5-3-18(23)4-6-19/h3-10H,2,11-17H2,1H3,(H,24,27). The minimum absolute atomic E-state index is 0.00265. The molecule has 0 spiro atoms. The highest BCUT2D eigenvalue weighted by atomic mass is 19.1. The molecule has 1 saturated heterocycles. The van der Waals surface area contributed by atoms with Crippen LogP contribution in [-0.2, 0) is 4.79 Å². The van der Waals surface area contributed by atoms with Gasteiger partial charge in [-0.2, -0.15) is 0 Å². The molecule has 1 amide bonds. The molecule has 1 aliphatic heterocycles. The predicted molar refractivity (Wildman–Crippen MR) is 111 cm³/mol. The second-order valence-corrected chi connectivity index (χ2v) is 6.97. The molecule has 1 N–H and O–H groups in total. The number of carbonyl (C=O) groups excluding carboxylic acids is 1. The van der Waals surface area contributed by atoms with Crippen LogP contribution in [0.25, 0.3) is 0 Å². The van der Waals surface area contributed by atoms with E-state index in [1.165, 1.54) is 12.1 Å². The van der Waals surface area contributed by atoms with Crippen molar-refractivity contribution in [3.05, 3.63) is 54.3 Å². The number of nitrogens with one attached hydrogen (secondary N) is 1. The summed E-state index contributed by atoms with van der Waals surface area (Å²) in [5, 5.41) is 2.89. The van der Waals surface area contributed by atoms with Crippen LogP contribution in [0, 0.1) is 5.82 Å². The molecule has 1 heterocycles. The topological polar surface area (TPSA) is 54.0 Å². The molecule has 2 aromatic carbocycles. The van der Waals surface area contributed by atoms with E-state index in [4.69, 9.17) is 9.47 Å². The van der Waals surface area contributed by atoms with Crippen LogP contribution in [0.2, 0.25) is 0 Å². The van der Waals surface area contributed by atoms with E-state index in [-0.39, 0.29) is 18.3 Å². The Labute approximate surface area is 171 Å². The quantitative estimate of drug-likeness (QED) is 0.655. The minimum atomic E-state index is -0.205. The summed E-state index contributed by atoms with van der Waals surface area (Å²) in [6.07, 6.45) is 0.894. The molecular weight excluding hydrogens is 373 g/mol. The first-order chi connectivity index (χ1) is 14.1. The number of piperazine rings is 1. The molecule has 1 fully saturated rings. The molecule has 1 aliphatic rings. The first-order valence-corrected chi connectivity index (χ1v) is 9.90. The van der Waals surface area contributed by atoms with Crippen LogP contribution in [0.15, 0.2) is 48.5 Å². The second-order valence-electron chi connectivity index (χ2n) is 6.97. The Hall–Kier alpha value is -2.80. The third-order valence-electron chi connectivity index (χ3n) is 4.97. The Kier molecular flexibility index (Phi) is 7.69. The van der Waals surface area contributed by atoms with Crippen molar-refractivity contribution >= 4 is 11.6 Å². The summed E-state index contributed by atoms with van der Waals surface area (Å²) in [6.45, 7) is 5.35. The van der Waals surface area contributed by atoms with Gasteiger partial charge in [0.25, 0.3) is 5.91 Å². The Morgan fingerprint density at radius 1 is 1.00 bits per heavy atom. The molecule has 0 aromatic heterocycles. The molecule has 156 valence electrons. The summed E-state index contributed by atoms with van der Waals surface area (Å²) in [5.41, 5.74) is 1.06. The van der Waals surface area contributed by atoms with Gasteiger partial charge in [-0.1, -0.05) is 0 Å². The zero-order chi connectivity index (χ0) is 20.5. The van der Waals surface area contributed by atoms with E-state index in [1.54, 1.807) is 31.4 Å². The first-order valence-electron chi connectivity index (χ1n) is 9.90. The maximum absolute atomic E-state index is 13.0. The molecule has 2 aromatic rings. The molecule has 6 nitrogen and oxygen atoms in total. The smallest absolute Gasteiger partial charge is 0.257 e. The fourth-order valence-electron chi connectivity index (χ4n) is 3.28. The third-order valence-corrected chi connectivity index (χ3v) is 4.97. The Morgan fingerprint density at radius 2 is 1.66 bits per heavy atom. The molecule has 0 radical (unpaired) electrons. The van der Waals surface area contributed by atoms with Crippen LogP contribution in [0.4, 0.5) is 10.1 Å². The third kappa shape index (κ3) is 6.64. The van der Waals surface area contributed by atoms with E-state index in [0.717, 1.165) is 50.6 Å². The fourth-order valence-corrected chi connectivity index (χ4v) is 3.28. The highest BCUT2D eigenvalue weighted by Gasteiger charge is 2.16. The van der Waals surface area contributed by atoms with Crippen LogP contribution in [-0.4, -0.2) is 63.8 Å². The molecule has 0 bridgehead atoms. The number of nitrogens with zero attached hydrogens (tertiary/aromatic N) is 2. The summed E-state index contributed by atoms with van der Waals surface area (Å²) in [4.78, 5) is 16.6. The van der Waals surface area contributed by atoms with Gasteiger partial charge in [0, 0.05) is 38.4 Å². The lowest BCUT2D eigenvalue weighted by atomic mass is 10.2. The van der Waals surface area contributed by atoms with Gasteiger partial charge in [-0.15, -0.1) is 0 Å². The average molecular weight is 401 g/mol. The van der Waals surface area contributed by atoms with Crippen molar-refractivity contribution in [3.63, 3.8) is 0 Å². The van der Waals surface area contributed by atoms with Gasteiger partial charge in [0.1, 0.15) is 17.3 Å². The number of methoxy groups -OCH3 is 1. The van der Waals surface area contributed by atoms with E-state index < -0.39 is 0 Å². The minimum Gasteiger partial charge on any atom is -0.497 e. The average Bonchev–Trinajstić information content (AvgIpc) is 2.76. The zero-order valence-electron chi connectivity index (χ0n) is 16.8. The summed E-state index contributed by atoms with van der Waals surface area (Å²) in [7, 11) is 1.61. The normalized spacial score (nSPS) is 14.5. The van der Waals surface area contributed by atoms with Crippen molar-refractivity contribution in [2.45, 2.75) is 6.42 Å². The number of hydrogen-bond acceptors (Lipinski definition) is 5. The SMILES string of the molecule is COc1ccc(OCC(=O)NCCCN2CCN(c3ccc(F)cc3)CC2)cc1. The largest absolute Gasteiger partial charge is 0.497 e. The fraction of sp³-hybridized carbons (Fsp3) is 0.409. The highest BCUT2D eigenvalue weighted by Crippen LogP contribution is 2.17. The van der Waals surface area contributed by atoms with Crippen molar-refractivity contribution in [2.75, 3.05) is 57.9 Å². The second kappa shape index (κ2) is 10.7.